The van der Waals surface area contributed by atoms with Crippen LogP contribution in [0, 0.1) is 11.3 Å². The van der Waals surface area contributed by atoms with Crippen LogP contribution in [0.5, 0.6) is 0 Å². The van der Waals surface area contributed by atoms with E-state index in [9.17, 15) is 19.5 Å². The van der Waals surface area contributed by atoms with Crippen LogP contribution in [0.2, 0.25) is 0 Å². The maximum absolute atomic E-state index is 12.9. The van der Waals surface area contributed by atoms with Crippen LogP contribution in [0.4, 0.5) is 0 Å². The topological polar surface area (TPSA) is 82.8 Å². The van der Waals surface area contributed by atoms with Crippen molar-refractivity contribution in [2.45, 2.75) is 70.4 Å². The Morgan fingerprint density at radius 2 is 1.72 bits per heavy atom. The molecule has 1 aromatic heterocycles. The molecule has 3 aliphatic rings. The highest BCUT2D eigenvalue weighted by molar-refractivity contribution is 5.86. The van der Waals surface area contributed by atoms with Crippen molar-refractivity contribution >= 4 is 12.6 Å². The normalized spacial score (nSPS) is 21.7. The van der Waals surface area contributed by atoms with Gasteiger partial charge in [0.05, 0.1) is 12.1 Å². The van der Waals surface area contributed by atoms with E-state index in [2.05, 4.69) is 37.1 Å². The van der Waals surface area contributed by atoms with E-state index in [1.54, 1.807) is 10.8 Å². The molecule has 1 N–H and O–H groups in total. The fourth-order valence-corrected chi connectivity index (χ4v) is 6.54. The molecule has 0 amide bonds. The first-order valence-corrected chi connectivity index (χ1v) is 15.6. The number of benzene rings is 1. The summed E-state index contributed by atoms with van der Waals surface area (Å²) in [7, 11) is 8.10. The molecule has 1 aromatic carbocycles. The van der Waals surface area contributed by atoms with Gasteiger partial charge in [0.2, 0.25) is 0 Å². The van der Waals surface area contributed by atoms with Gasteiger partial charge >= 0.3 is 0 Å². The van der Waals surface area contributed by atoms with Gasteiger partial charge in [0.1, 0.15) is 6.29 Å². The predicted molar refractivity (Wildman–Crippen MR) is 175 cm³/mol. The molecule has 1 saturated carbocycles. The molecule has 1 unspecified atom stereocenters. The summed E-state index contributed by atoms with van der Waals surface area (Å²) in [5.41, 5.74) is 2.02. The molecule has 1 saturated heterocycles. The van der Waals surface area contributed by atoms with Crippen molar-refractivity contribution in [2.24, 2.45) is 11.3 Å². The Morgan fingerprint density at radius 1 is 1.05 bits per heavy atom. The Hall–Kier alpha value is -3.13. The molecule has 0 bridgehead atoms. The number of aldehydes is 2. The molecule has 2 fully saturated rings. The van der Waals surface area contributed by atoms with E-state index in [1.807, 2.05) is 56.4 Å². The van der Waals surface area contributed by atoms with Crippen molar-refractivity contribution < 1.29 is 14.7 Å². The molecule has 2 aromatic rings. The van der Waals surface area contributed by atoms with Crippen LogP contribution in [0.15, 0.2) is 71.2 Å². The van der Waals surface area contributed by atoms with Gasteiger partial charge in [0, 0.05) is 42.8 Å². The summed E-state index contributed by atoms with van der Waals surface area (Å²) >= 11 is 0. The fraction of sp³-hybridized carbons (Fsp3) is 0.528. The van der Waals surface area contributed by atoms with Crippen LogP contribution in [0.1, 0.15) is 68.6 Å². The van der Waals surface area contributed by atoms with E-state index in [-0.39, 0.29) is 17.5 Å². The Labute approximate surface area is 257 Å². The SMILES string of the molecule is CN(C)C.CN1CCC(O)(Cn2cc(C=O)c(-c3ccccc3)cc2=O)C2(CCCC2)C1.C[C@@H](CC=O)C1=CCCC=C1. The molecular weight excluding hydrogens is 538 g/mol. The number of aliphatic hydroxyl groups is 1. The molecule has 0 radical (unpaired) electrons. The Bertz CT molecular complexity index is 1300. The van der Waals surface area contributed by atoms with Gasteiger partial charge in [-0.1, -0.05) is 68.3 Å². The lowest BCUT2D eigenvalue weighted by Crippen LogP contribution is -2.60. The minimum Gasteiger partial charge on any atom is -0.387 e. The first-order valence-electron chi connectivity index (χ1n) is 15.6. The lowest BCUT2D eigenvalue weighted by atomic mass is 9.66. The van der Waals surface area contributed by atoms with Gasteiger partial charge in [0.25, 0.3) is 5.56 Å². The maximum atomic E-state index is 12.9. The largest absolute Gasteiger partial charge is 0.387 e. The van der Waals surface area contributed by atoms with E-state index < -0.39 is 5.60 Å². The Kier molecular flexibility index (Phi) is 12.9. The highest BCUT2D eigenvalue weighted by Crippen LogP contribution is 2.51. The highest BCUT2D eigenvalue weighted by atomic mass is 16.3. The van der Waals surface area contributed by atoms with Crippen LogP contribution in [-0.2, 0) is 11.3 Å². The van der Waals surface area contributed by atoms with Gasteiger partial charge < -0.3 is 24.3 Å². The summed E-state index contributed by atoms with van der Waals surface area (Å²) in [5.74, 6) is 0.407. The smallest absolute Gasteiger partial charge is 0.251 e. The summed E-state index contributed by atoms with van der Waals surface area (Å²) in [6, 6.07) is 11.0. The maximum Gasteiger partial charge on any atom is 0.251 e. The number of nitrogens with zero attached hydrogens (tertiary/aromatic N) is 3. The third-order valence-corrected chi connectivity index (χ3v) is 8.87. The molecular formula is C36H51N3O4. The average molecular weight is 590 g/mol. The standard InChI is InChI=1S/C23H28N2O3.C10H14O.C3H9N/c1-24-12-11-23(28,22(16-24)9-5-6-10-22)17-25-14-19(15-26)20(13-21(25)27)18-7-3-2-4-8-18;1-9(7-8-11)10-5-3-2-4-6-10;1-4(2)3/h2-4,7-8,13-15,28H,5-6,9-12,16-17H2,1H3;3,5-6,8-9H,2,4,7H2,1H3;1-3H3/t;9-;/m.0./s1. The zero-order valence-electron chi connectivity index (χ0n) is 26.8. The molecule has 2 heterocycles. The second-order valence-electron chi connectivity index (χ2n) is 12.9. The third-order valence-electron chi connectivity index (χ3n) is 8.87. The van der Waals surface area contributed by atoms with Gasteiger partial charge in [0.15, 0.2) is 6.29 Å². The van der Waals surface area contributed by atoms with Gasteiger partial charge in [-0.3, -0.25) is 9.59 Å². The number of hydrogen-bond acceptors (Lipinski definition) is 6. The molecule has 5 rings (SSSR count). The van der Waals surface area contributed by atoms with Gasteiger partial charge in [-0.2, -0.15) is 0 Å². The highest BCUT2D eigenvalue weighted by Gasteiger charge is 2.54. The van der Waals surface area contributed by atoms with Crippen molar-refractivity contribution in [3.05, 3.63) is 82.3 Å². The fourth-order valence-electron chi connectivity index (χ4n) is 6.54. The monoisotopic (exact) mass is 589 g/mol. The summed E-state index contributed by atoms with van der Waals surface area (Å²) in [6.45, 7) is 4.02. The van der Waals surface area contributed by atoms with E-state index in [1.165, 1.54) is 11.6 Å². The van der Waals surface area contributed by atoms with Crippen molar-refractivity contribution in [3.8, 4) is 11.1 Å². The van der Waals surface area contributed by atoms with Crippen LogP contribution < -0.4 is 5.56 Å². The number of likely N-dealkylation sites (tertiary alicyclic amines) is 1. The van der Waals surface area contributed by atoms with E-state index >= 15 is 0 Å². The molecule has 2 aliphatic carbocycles. The summed E-state index contributed by atoms with van der Waals surface area (Å²) in [4.78, 5) is 39.1. The van der Waals surface area contributed by atoms with Crippen molar-refractivity contribution in [1.82, 2.24) is 14.4 Å². The number of carbonyl (C=O) groups is 2. The molecule has 1 spiro atoms. The number of pyridine rings is 1. The minimum absolute atomic E-state index is 0.168. The number of rotatable bonds is 7. The second-order valence-corrected chi connectivity index (χ2v) is 12.9. The Balaban J connectivity index is 0.000000280. The Morgan fingerprint density at radius 3 is 2.30 bits per heavy atom. The second kappa shape index (κ2) is 16.1. The van der Waals surface area contributed by atoms with Gasteiger partial charge in [-0.15, -0.1) is 0 Å². The average Bonchev–Trinajstić information content (AvgIpc) is 3.47. The lowest BCUT2D eigenvalue weighted by Gasteiger charge is -2.51. The van der Waals surface area contributed by atoms with Gasteiger partial charge in [-0.25, -0.2) is 0 Å². The lowest BCUT2D eigenvalue weighted by molar-refractivity contribution is -0.139. The number of allylic oxidation sites excluding steroid dienone is 4. The molecule has 2 atom stereocenters. The predicted octanol–water partition coefficient (Wildman–Crippen LogP) is 5.62. The van der Waals surface area contributed by atoms with Crippen LogP contribution in [0.25, 0.3) is 11.1 Å². The van der Waals surface area contributed by atoms with Crippen molar-refractivity contribution in [3.63, 3.8) is 0 Å². The zero-order chi connectivity index (χ0) is 31.5. The van der Waals surface area contributed by atoms with Crippen LogP contribution in [-0.4, -0.2) is 78.9 Å². The summed E-state index contributed by atoms with van der Waals surface area (Å²) < 4.78 is 1.54. The minimum atomic E-state index is -0.922. The van der Waals surface area contributed by atoms with Crippen LogP contribution in [0.3, 0.4) is 0 Å². The number of hydrogen-bond donors (Lipinski definition) is 1. The van der Waals surface area contributed by atoms with E-state index in [0.717, 1.165) is 69.8 Å². The quantitative estimate of drug-likeness (QED) is 0.422. The molecule has 43 heavy (non-hydrogen) atoms. The zero-order valence-corrected chi connectivity index (χ0v) is 26.8. The first-order chi connectivity index (χ1) is 20.5. The van der Waals surface area contributed by atoms with Crippen molar-refractivity contribution in [1.29, 1.82) is 0 Å². The summed E-state index contributed by atoms with van der Waals surface area (Å²) in [6.07, 6.45) is 17.8. The van der Waals surface area contributed by atoms with Crippen LogP contribution >= 0.6 is 0 Å². The van der Waals surface area contributed by atoms with E-state index in [4.69, 9.17) is 0 Å². The van der Waals surface area contributed by atoms with Gasteiger partial charge in [-0.05, 0) is 82.9 Å². The van der Waals surface area contributed by atoms with E-state index in [0.29, 0.717) is 29.9 Å². The summed E-state index contributed by atoms with van der Waals surface area (Å²) in [5, 5.41) is 11.7. The molecule has 7 nitrogen and oxygen atoms in total. The van der Waals surface area contributed by atoms with Crippen molar-refractivity contribution in [2.75, 3.05) is 41.3 Å². The number of aromatic nitrogens is 1. The number of carbonyl (C=O) groups excluding carboxylic acids is 2. The molecule has 234 valence electrons. The first kappa shape index (κ1) is 34.4. The molecule has 1 aliphatic heterocycles. The third kappa shape index (κ3) is 9.18. The number of piperidine rings is 1. The molecule has 7 heteroatoms.